The predicted molar refractivity (Wildman–Crippen MR) is 65.5 cm³/mol. The third-order valence-corrected chi connectivity index (χ3v) is 3.29. The highest BCUT2D eigenvalue weighted by Gasteiger charge is 2.15. The van der Waals surface area contributed by atoms with Crippen LogP contribution in [0.3, 0.4) is 0 Å². The second-order valence-electron chi connectivity index (χ2n) is 3.59. The van der Waals surface area contributed by atoms with Gasteiger partial charge in [-0.25, -0.2) is 0 Å². The molecule has 2 aromatic rings. The van der Waals surface area contributed by atoms with E-state index in [1.54, 1.807) is 22.6 Å². The molecule has 0 aliphatic heterocycles. The quantitative estimate of drug-likeness (QED) is 0.828. The van der Waals surface area contributed by atoms with Crippen molar-refractivity contribution < 1.29 is 5.11 Å². The summed E-state index contributed by atoms with van der Waals surface area (Å²) in [4.78, 5) is 1.10. The molecule has 3 nitrogen and oxygen atoms in total. The first-order chi connectivity index (χ1) is 7.72. The fourth-order valence-electron chi connectivity index (χ4n) is 1.65. The molecule has 0 aliphatic rings. The number of thioether (sulfide) groups is 1. The number of rotatable bonds is 3. The molecule has 0 amide bonds. The number of hydrogen-bond acceptors (Lipinski definition) is 3. The zero-order valence-corrected chi connectivity index (χ0v) is 10.1. The molecule has 2 rings (SSSR count). The van der Waals surface area contributed by atoms with Gasteiger partial charge in [-0.2, -0.15) is 5.10 Å². The SMILES string of the molecule is CSc1ccccc1C(O)c1cnn(C)c1. The van der Waals surface area contributed by atoms with Gasteiger partial charge in [0.25, 0.3) is 0 Å². The number of aliphatic hydroxyl groups is 1. The second-order valence-corrected chi connectivity index (χ2v) is 4.44. The number of nitrogens with zero attached hydrogens (tertiary/aromatic N) is 2. The van der Waals surface area contributed by atoms with Gasteiger partial charge in [0.05, 0.1) is 6.20 Å². The van der Waals surface area contributed by atoms with Gasteiger partial charge in [-0.3, -0.25) is 4.68 Å². The number of aromatic nitrogens is 2. The number of aliphatic hydroxyl groups excluding tert-OH is 1. The summed E-state index contributed by atoms with van der Waals surface area (Å²) < 4.78 is 1.69. The molecule has 1 unspecified atom stereocenters. The van der Waals surface area contributed by atoms with Crippen LogP contribution in [0.25, 0.3) is 0 Å². The van der Waals surface area contributed by atoms with E-state index in [1.807, 2.05) is 43.8 Å². The molecule has 1 aromatic carbocycles. The molecule has 0 fully saturated rings. The molecular formula is C12H14N2OS. The molecule has 16 heavy (non-hydrogen) atoms. The first-order valence-electron chi connectivity index (χ1n) is 5.02. The molecule has 1 N–H and O–H groups in total. The normalized spacial score (nSPS) is 12.7. The Kier molecular flexibility index (Phi) is 3.31. The first-order valence-corrected chi connectivity index (χ1v) is 6.24. The fourth-order valence-corrected chi connectivity index (χ4v) is 2.28. The van der Waals surface area contributed by atoms with Crippen LogP contribution < -0.4 is 0 Å². The van der Waals surface area contributed by atoms with E-state index in [9.17, 15) is 5.11 Å². The molecule has 0 radical (unpaired) electrons. The van der Waals surface area contributed by atoms with Gasteiger partial charge in [0.15, 0.2) is 0 Å². The van der Waals surface area contributed by atoms with Gasteiger partial charge in [0.1, 0.15) is 6.10 Å². The van der Waals surface area contributed by atoms with Crippen LogP contribution in [-0.2, 0) is 7.05 Å². The van der Waals surface area contributed by atoms with Crippen LogP contribution in [0.1, 0.15) is 17.2 Å². The van der Waals surface area contributed by atoms with E-state index in [-0.39, 0.29) is 0 Å². The minimum Gasteiger partial charge on any atom is -0.383 e. The van der Waals surface area contributed by atoms with E-state index < -0.39 is 6.10 Å². The zero-order chi connectivity index (χ0) is 11.5. The van der Waals surface area contributed by atoms with E-state index in [0.29, 0.717) is 0 Å². The highest BCUT2D eigenvalue weighted by atomic mass is 32.2. The van der Waals surface area contributed by atoms with Gasteiger partial charge < -0.3 is 5.11 Å². The molecule has 1 aromatic heterocycles. The van der Waals surface area contributed by atoms with Crippen LogP contribution in [0.2, 0.25) is 0 Å². The zero-order valence-electron chi connectivity index (χ0n) is 9.29. The second kappa shape index (κ2) is 4.72. The van der Waals surface area contributed by atoms with Crippen molar-refractivity contribution in [2.24, 2.45) is 7.05 Å². The highest BCUT2D eigenvalue weighted by Crippen LogP contribution is 2.29. The van der Waals surface area contributed by atoms with Crippen LogP contribution in [0.4, 0.5) is 0 Å². The number of aryl methyl sites for hydroxylation is 1. The van der Waals surface area contributed by atoms with E-state index in [1.165, 1.54) is 0 Å². The highest BCUT2D eigenvalue weighted by molar-refractivity contribution is 7.98. The number of hydrogen-bond donors (Lipinski definition) is 1. The van der Waals surface area contributed by atoms with Crippen LogP contribution in [0.5, 0.6) is 0 Å². The summed E-state index contributed by atoms with van der Waals surface area (Å²) in [6, 6.07) is 7.88. The maximum absolute atomic E-state index is 10.3. The molecule has 0 bridgehead atoms. The largest absolute Gasteiger partial charge is 0.383 e. The summed E-state index contributed by atoms with van der Waals surface area (Å²) in [7, 11) is 1.84. The van der Waals surface area contributed by atoms with Crippen LogP contribution in [0.15, 0.2) is 41.6 Å². The first kappa shape index (κ1) is 11.2. The summed E-state index contributed by atoms with van der Waals surface area (Å²) in [5.41, 5.74) is 1.76. The molecule has 1 atom stereocenters. The van der Waals surface area contributed by atoms with E-state index in [2.05, 4.69) is 5.10 Å². The Hall–Kier alpha value is -1.26. The minimum atomic E-state index is -0.600. The van der Waals surface area contributed by atoms with Crippen molar-refractivity contribution in [3.63, 3.8) is 0 Å². The van der Waals surface area contributed by atoms with Gasteiger partial charge in [-0.05, 0) is 17.9 Å². The predicted octanol–water partition coefficient (Wildman–Crippen LogP) is 2.22. The molecule has 0 saturated heterocycles. The maximum atomic E-state index is 10.3. The maximum Gasteiger partial charge on any atom is 0.108 e. The Morgan fingerprint density at radius 1 is 1.38 bits per heavy atom. The molecular weight excluding hydrogens is 220 g/mol. The lowest BCUT2D eigenvalue weighted by molar-refractivity contribution is 0.217. The van der Waals surface area contributed by atoms with Crippen molar-refractivity contribution in [1.29, 1.82) is 0 Å². The molecule has 4 heteroatoms. The van der Waals surface area contributed by atoms with Crippen molar-refractivity contribution in [2.45, 2.75) is 11.0 Å². The molecule has 84 valence electrons. The summed E-state index contributed by atoms with van der Waals surface area (Å²) in [5, 5.41) is 14.3. The van der Waals surface area contributed by atoms with Gasteiger partial charge in [-0.15, -0.1) is 11.8 Å². The summed E-state index contributed by atoms with van der Waals surface area (Å²) in [6.07, 6.45) is 4.94. The van der Waals surface area contributed by atoms with Gasteiger partial charge in [0.2, 0.25) is 0 Å². The number of benzene rings is 1. The lowest BCUT2D eigenvalue weighted by Crippen LogP contribution is -2.00. The lowest BCUT2D eigenvalue weighted by Gasteiger charge is -2.12. The Morgan fingerprint density at radius 3 is 2.75 bits per heavy atom. The topological polar surface area (TPSA) is 38.1 Å². The molecule has 1 heterocycles. The summed E-state index contributed by atoms with van der Waals surface area (Å²) in [6.45, 7) is 0. The Labute approximate surface area is 99.1 Å². The van der Waals surface area contributed by atoms with Crippen molar-refractivity contribution in [3.05, 3.63) is 47.8 Å². The van der Waals surface area contributed by atoms with Gasteiger partial charge in [0, 0.05) is 23.7 Å². The average Bonchev–Trinajstić information content (AvgIpc) is 2.75. The minimum absolute atomic E-state index is 0.600. The summed E-state index contributed by atoms with van der Waals surface area (Å²) >= 11 is 1.64. The van der Waals surface area contributed by atoms with Crippen LogP contribution in [0, 0.1) is 0 Å². The third kappa shape index (κ3) is 2.13. The van der Waals surface area contributed by atoms with Crippen molar-refractivity contribution in [1.82, 2.24) is 9.78 Å². The van der Waals surface area contributed by atoms with Crippen molar-refractivity contribution in [3.8, 4) is 0 Å². The van der Waals surface area contributed by atoms with Gasteiger partial charge >= 0.3 is 0 Å². The monoisotopic (exact) mass is 234 g/mol. The Balaban J connectivity index is 2.36. The van der Waals surface area contributed by atoms with Gasteiger partial charge in [-0.1, -0.05) is 18.2 Å². The lowest BCUT2D eigenvalue weighted by atomic mass is 10.1. The molecule has 0 spiro atoms. The Bertz CT molecular complexity index is 481. The average molecular weight is 234 g/mol. The molecule has 0 aliphatic carbocycles. The van der Waals surface area contributed by atoms with E-state index in [0.717, 1.165) is 16.0 Å². The van der Waals surface area contributed by atoms with E-state index in [4.69, 9.17) is 0 Å². The fraction of sp³-hybridized carbons (Fsp3) is 0.250. The van der Waals surface area contributed by atoms with Crippen LogP contribution in [-0.4, -0.2) is 21.1 Å². The smallest absolute Gasteiger partial charge is 0.108 e. The standard InChI is InChI=1S/C12H14N2OS/c1-14-8-9(7-13-14)12(15)10-5-3-4-6-11(10)16-2/h3-8,12,15H,1-2H3. The third-order valence-electron chi connectivity index (χ3n) is 2.47. The summed E-state index contributed by atoms with van der Waals surface area (Å²) in [5.74, 6) is 0. The van der Waals surface area contributed by atoms with Crippen LogP contribution >= 0.6 is 11.8 Å². The molecule has 0 saturated carbocycles. The van der Waals surface area contributed by atoms with Crippen molar-refractivity contribution in [2.75, 3.05) is 6.26 Å². The van der Waals surface area contributed by atoms with E-state index >= 15 is 0 Å². The Morgan fingerprint density at radius 2 is 2.12 bits per heavy atom. The van der Waals surface area contributed by atoms with Crippen molar-refractivity contribution >= 4 is 11.8 Å².